The fourth-order valence-corrected chi connectivity index (χ4v) is 2.05. The number of hydrogen-bond donors (Lipinski definition) is 0. The lowest BCUT2D eigenvalue weighted by molar-refractivity contribution is 0.102. The van der Waals surface area contributed by atoms with Crippen LogP contribution in [-0.2, 0) is 0 Å². The summed E-state index contributed by atoms with van der Waals surface area (Å²) in [5.74, 6) is -8.42. The predicted octanol–water partition coefficient (Wildman–Crippen LogP) is 4.38. The largest absolute Gasteiger partial charge is 0.288 e. The summed E-state index contributed by atoms with van der Waals surface area (Å²) in [6.07, 6.45) is 0. The quantitative estimate of drug-likeness (QED) is 0.580. The van der Waals surface area contributed by atoms with Crippen LogP contribution in [0.5, 0.6) is 0 Å². The standard InChI is InChI=1S/C13H4BrF5O/c14-5-1-7(16)11(8(17)2-5)13(20)12-9(18)3-6(15)4-10(12)19/h1-4H. The second-order valence-electron chi connectivity index (χ2n) is 3.82. The molecule has 2 rings (SSSR count). The van der Waals surface area contributed by atoms with Crippen LogP contribution in [-0.4, -0.2) is 5.78 Å². The zero-order valence-electron chi connectivity index (χ0n) is 9.49. The van der Waals surface area contributed by atoms with Crippen molar-refractivity contribution in [1.29, 1.82) is 0 Å². The molecular formula is C13H4BrF5O. The van der Waals surface area contributed by atoms with Gasteiger partial charge in [0.05, 0.1) is 11.1 Å². The lowest BCUT2D eigenvalue weighted by Gasteiger charge is -2.07. The van der Waals surface area contributed by atoms with Crippen LogP contribution >= 0.6 is 15.9 Å². The Morgan fingerprint density at radius 2 is 1.10 bits per heavy atom. The topological polar surface area (TPSA) is 17.1 Å². The van der Waals surface area contributed by atoms with Gasteiger partial charge >= 0.3 is 0 Å². The van der Waals surface area contributed by atoms with E-state index in [-0.39, 0.29) is 16.6 Å². The van der Waals surface area contributed by atoms with Crippen molar-refractivity contribution in [1.82, 2.24) is 0 Å². The monoisotopic (exact) mass is 350 g/mol. The van der Waals surface area contributed by atoms with E-state index in [1.165, 1.54) is 0 Å². The first-order valence-electron chi connectivity index (χ1n) is 5.15. The fraction of sp³-hybridized carbons (Fsp3) is 0. The molecule has 0 atom stereocenters. The summed E-state index contributed by atoms with van der Waals surface area (Å²) in [6, 6.07) is 2.06. The Balaban J connectivity index is 2.64. The number of ketones is 1. The number of hydrogen-bond acceptors (Lipinski definition) is 1. The van der Waals surface area contributed by atoms with Crippen LogP contribution < -0.4 is 0 Å². The van der Waals surface area contributed by atoms with Crippen molar-refractivity contribution in [3.8, 4) is 0 Å². The van der Waals surface area contributed by atoms with Crippen molar-refractivity contribution >= 4 is 21.7 Å². The van der Waals surface area contributed by atoms with E-state index in [0.29, 0.717) is 0 Å². The Morgan fingerprint density at radius 1 is 0.750 bits per heavy atom. The van der Waals surface area contributed by atoms with E-state index in [0.717, 1.165) is 12.1 Å². The van der Waals surface area contributed by atoms with Gasteiger partial charge in [-0.3, -0.25) is 4.79 Å². The van der Waals surface area contributed by atoms with E-state index >= 15 is 0 Å². The summed E-state index contributed by atoms with van der Waals surface area (Å²) in [5, 5.41) is 0. The van der Waals surface area contributed by atoms with Crippen molar-refractivity contribution < 1.29 is 26.7 Å². The molecule has 1 nitrogen and oxygen atoms in total. The van der Waals surface area contributed by atoms with E-state index < -0.39 is 46.0 Å². The maximum atomic E-state index is 13.6. The third kappa shape index (κ3) is 2.58. The number of benzene rings is 2. The van der Waals surface area contributed by atoms with Gasteiger partial charge in [0.15, 0.2) is 0 Å². The number of carbonyl (C=O) groups excluding carboxylic acids is 1. The molecule has 7 heteroatoms. The summed E-state index contributed by atoms with van der Waals surface area (Å²) in [5.41, 5.74) is -2.33. The molecule has 0 aliphatic rings. The van der Waals surface area contributed by atoms with E-state index in [4.69, 9.17) is 0 Å². The zero-order chi connectivity index (χ0) is 15.0. The molecule has 0 bridgehead atoms. The Kier molecular flexibility index (Phi) is 3.89. The molecule has 0 radical (unpaired) electrons. The highest BCUT2D eigenvalue weighted by atomic mass is 79.9. The number of rotatable bonds is 2. The molecule has 0 fully saturated rings. The molecule has 0 spiro atoms. The van der Waals surface area contributed by atoms with Gasteiger partial charge in [-0.05, 0) is 12.1 Å². The van der Waals surface area contributed by atoms with Crippen LogP contribution in [0.1, 0.15) is 15.9 Å². The Morgan fingerprint density at radius 3 is 1.50 bits per heavy atom. The maximum Gasteiger partial charge on any atom is 0.204 e. The van der Waals surface area contributed by atoms with Crippen LogP contribution in [0.3, 0.4) is 0 Å². The van der Waals surface area contributed by atoms with Gasteiger partial charge in [0.25, 0.3) is 0 Å². The molecule has 0 N–H and O–H groups in total. The number of carbonyl (C=O) groups is 1. The lowest BCUT2D eigenvalue weighted by Crippen LogP contribution is -2.12. The zero-order valence-corrected chi connectivity index (χ0v) is 11.1. The molecule has 2 aromatic rings. The molecule has 0 heterocycles. The molecule has 0 aliphatic carbocycles. The highest BCUT2D eigenvalue weighted by Crippen LogP contribution is 2.25. The highest BCUT2D eigenvalue weighted by Gasteiger charge is 2.26. The first-order chi connectivity index (χ1) is 9.31. The SMILES string of the molecule is O=C(c1c(F)cc(F)cc1F)c1c(F)cc(Br)cc1F. The van der Waals surface area contributed by atoms with Crippen molar-refractivity contribution in [3.05, 3.63) is 69.0 Å². The average Bonchev–Trinajstić information content (AvgIpc) is 2.25. The van der Waals surface area contributed by atoms with E-state index in [2.05, 4.69) is 15.9 Å². The molecule has 0 saturated carbocycles. The first-order valence-corrected chi connectivity index (χ1v) is 5.94. The average molecular weight is 351 g/mol. The third-order valence-corrected chi connectivity index (χ3v) is 2.93. The van der Waals surface area contributed by atoms with Crippen molar-refractivity contribution in [2.75, 3.05) is 0 Å². The van der Waals surface area contributed by atoms with Gasteiger partial charge in [-0.1, -0.05) is 15.9 Å². The first kappa shape index (κ1) is 14.6. The van der Waals surface area contributed by atoms with Crippen molar-refractivity contribution in [3.63, 3.8) is 0 Å². The Bertz CT molecular complexity index is 608. The molecule has 0 saturated heterocycles. The fourth-order valence-electron chi connectivity index (χ4n) is 1.64. The van der Waals surface area contributed by atoms with Crippen molar-refractivity contribution in [2.45, 2.75) is 0 Å². The smallest absolute Gasteiger partial charge is 0.204 e. The summed E-state index contributed by atoms with van der Waals surface area (Å²) in [4.78, 5) is 11.9. The molecule has 0 aromatic heterocycles. The van der Waals surface area contributed by atoms with Crippen molar-refractivity contribution in [2.24, 2.45) is 0 Å². The normalized spacial score (nSPS) is 10.7. The Hall–Kier alpha value is -1.76. The Labute approximate surface area is 118 Å². The third-order valence-electron chi connectivity index (χ3n) is 2.47. The summed E-state index contributed by atoms with van der Waals surface area (Å²) >= 11 is 2.80. The molecule has 0 aliphatic heterocycles. The minimum atomic E-state index is -1.54. The summed E-state index contributed by atoms with van der Waals surface area (Å²) in [7, 11) is 0. The van der Waals surface area contributed by atoms with Crippen LogP contribution in [0.25, 0.3) is 0 Å². The highest BCUT2D eigenvalue weighted by molar-refractivity contribution is 9.10. The second kappa shape index (κ2) is 5.32. The minimum Gasteiger partial charge on any atom is -0.288 e. The van der Waals surface area contributed by atoms with E-state index in [9.17, 15) is 26.7 Å². The van der Waals surface area contributed by atoms with Gasteiger partial charge in [0, 0.05) is 16.6 Å². The van der Waals surface area contributed by atoms with Gasteiger partial charge in [-0.15, -0.1) is 0 Å². The summed E-state index contributed by atoms with van der Waals surface area (Å²) in [6.45, 7) is 0. The van der Waals surface area contributed by atoms with Gasteiger partial charge in [0.1, 0.15) is 29.1 Å². The summed E-state index contributed by atoms with van der Waals surface area (Å²) < 4.78 is 66.8. The molecular weight excluding hydrogens is 347 g/mol. The molecule has 2 aromatic carbocycles. The van der Waals surface area contributed by atoms with Crippen LogP contribution in [0.2, 0.25) is 0 Å². The van der Waals surface area contributed by atoms with Gasteiger partial charge < -0.3 is 0 Å². The lowest BCUT2D eigenvalue weighted by atomic mass is 10.0. The second-order valence-corrected chi connectivity index (χ2v) is 4.73. The van der Waals surface area contributed by atoms with Gasteiger partial charge in [0.2, 0.25) is 5.78 Å². The maximum absolute atomic E-state index is 13.6. The van der Waals surface area contributed by atoms with Gasteiger partial charge in [-0.2, -0.15) is 0 Å². The van der Waals surface area contributed by atoms with Crippen LogP contribution in [0.15, 0.2) is 28.7 Å². The molecule has 104 valence electrons. The predicted molar refractivity (Wildman–Crippen MR) is 63.8 cm³/mol. The molecule has 0 amide bonds. The molecule has 0 unspecified atom stereocenters. The molecule has 20 heavy (non-hydrogen) atoms. The number of halogens is 6. The van der Waals surface area contributed by atoms with E-state index in [1.54, 1.807) is 0 Å². The van der Waals surface area contributed by atoms with Gasteiger partial charge in [-0.25, -0.2) is 22.0 Å². The van der Waals surface area contributed by atoms with Crippen LogP contribution in [0, 0.1) is 29.1 Å². The minimum absolute atomic E-state index is 0.0177. The van der Waals surface area contributed by atoms with E-state index in [1.807, 2.05) is 0 Å². The van der Waals surface area contributed by atoms with Crippen LogP contribution in [0.4, 0.5) is 22.0 Å².